The largest absolute Gasteiger partial charge is 0.420 e. The second-order valence-corrected chi connectivity index (χ2v) is 6.79. The quantitative estimate of drug-likeness (QED) is 0.506. The van der Waals surface area contributed by atoms with E-state index in [2.05, 4.69) is 20.2 Å². The molecule has 1 aliphatic heterocycles. The second kappa shape index (κ2) is 9.00. The molecule has 0 saturated carbocycles. The van der Waals surface area contributed by atoms with Crippen LogP contribution in [0.2, 0.25) is 5.02 Å². The molecule has 0 aliphatic carbocycles. The van der Waals surface area contributed by atoms with Crippen molar-refractivity contribution in [2.45, 2.75) is 0 Å². The van der Waals surface area contributed by atoms with Crippen LogP contribution in [0.5, 0.6) is 0 Å². The van der Waals surface area contributed by atoms with Crippen molar-refractivity contribution in [1.82, 2.24) is 24.8 Å². The van der Waals surface area contributed by atoms with Gasteiger partial charge in [0.1, 0.15) is 0 Å². The fraction of sp³-hybridized carbons (Fsp3) is 0.211. The first-order chi connectivity index (χ1) is 13.3. The number of oxazole rings is 1. The molecule has 0 radical (unpaired) electrons. The van der Waals surface area contributed by atoms with E-state index in [1.165, 1.54) is 0 Å². The molecule has 0 bridgehead atoms. The SMILES string of the molecule is Cl.Cl.Clc1ccc(-n2c(-c3cnc(N4CCNCC4)o3)nc3ccncc32)cc1. The number of aromatic nitrogens is 4. The molecule has 1 aliphatic rings. The van der Waals surface area contributed by atoms with Gasteiger partial charge in [-0.1, -0.05) is 11.6 Å². The van der Waals surface area contributed by atoms with E-state index in [4.69, 9.17) is 21.0 Å². The Morgan fingerprint density at radius 3 is 2.52 bits per heavy atom. The molecule has 4 heterocycles. The fourth-order valence-electron chi connectivity index (χ4n) is 3.31. The van der Waals surface area contributed by atoms with E-state index in [0.29, 0.717) is 22.6 Å². The highest BCUT2D eigenvalue weighted by molar-refractivity contribution is 6.30. The minimum atomic E-state index is 0. The summed E-state index contributed by atoms with van der Waals surface area (Å²) in [5.74, 6) is 1.31. The van der Waals surface area contributed by atoms with Crippen LogP contribution in [0.25, 0.3) is 28.3 Å². The monoisotopic (exact) mass is 452 g/mol. The van der Waals surface area contributed by atoms with Gasteiger partial charge in [-0.2, -0.15) is 0 Å². The third-order valence-electron chi connectivity index (χ3n) is 4.64. The number of anilines is 1. The molecule has 7 nitrogen and oxygen atoms in total. The van der Waals surface area contributed by atoms with Gasteiger partial charge in [-0.05, 0) is 30.3 Å². The van der Waals surface area contributed by atoms with Crippen molar-refractivity contribution in [2.24, 2.45) is 0 Å². The van der Waals surface area contributed by atoms with E-state index in [0.717, 1.165) is 42.9 Å². The van der Waals surface area contributed by atoms with Gasteiger partial charge >= 0.3 is 0 Å². The zero-order valence-corrected chi connectivity index (χ0v) is 17.7. The van der Waals surface area contributed by atoms with Crippen molar-refractivity contribution in [3.05, 3.63) is 53.9 Å². The number of hydrogen-bond acceptors (Lipinski definition) is 6. The van der Waals surface area contributed by atoms with Crippen molar-refractivity contribution in [2.75, 3.05) is 31.1 Å². The number of benzene rings is 1. The van der Waals surface area contributed by atoms with Gasteiger partial charge in [-0.15, -0.1) is 24.8 Å². The molecule has 0 spiro atoms. The van der Waals surface area contributed by atoms with Gasteiger partial charge in [0.2, 0.25) is 0 Å². The molecular formula is C19H19Cl3N6O. The standard InChI is InChI=1S/C19H17ClN6O.2ClH/c20-13-1-3-14(4-2-13)26-16-11-22-6-5-15(16)24-18(26)17-12-23-19(27-17)25-9-7-21-8-10-25;;/h1-6,11-12,21H,7-10H2;2*1H. The Bertz CT molecular complexity index is 1090. The van der Waals surface area contributed by atoms with Crippen molar-refractivity contribution in [1.29, 1.82) is 0 Å². The Balaban J connectivity index is 0.00000120. The van der Waals surface area contributed by atoms with Crippen LogP contribution in [0.1, 0.15) is 0 Å². The summed E-state index contributed by atoms with van der Waals surface area (Å²) in [4.78, 5) is 15.6. The zero-order chi connectivity index (χ0) is 18.2. The van der Waals surface area contributed by atoms with E-state index < -0.39 is 0 Å². The maximum Gasteiger partial charge on any atom is 0.297 e. The Hall–Kier alpha value is -2.32. The maximum atomic E-state index is 6.08. The lowest BCUT2D eigenvalue weighted by Gasteiger charge is -2.25. The van der Waals surface area contributed by atoms with Crippen LogP contribution in [0.3, 0.4) is 0 Å². The molecule has 10 heteroatoms. The molecule has 4 aromatic rings. The zero-order valence-electron chi connectivity index (χ0n) is 15.3. The number of nitrogens with zero attached hydrogens (tertiary/aromatic N) is 5. The summed E-state index contributed by atoms with van der Waals surface area (Å²) in [7, 11) is 0. The highest BCUT2D eigenvalue weighted by Crippen LogP contribution is 2.30. The van der Waals surface area contributed by atoms with Crippen molar-refractivity contribution in [3.63, 3.8) is 0 Å². The average molecular weight is 454 g/mol. The third kappa shape index (κ3) is 4.04. The molecule has 1 fully saturated rings. The molecule has 29 heavy (non-hydrogen) atoms. The van der Waals surface area contributed by atoms with Crippen LogP contribution in [0.4, 0.5) is 6.01 Å². The van der Waals surface area contributed by atoms with E-state index in [-0.39, 0.29) is 24.8 Å². The predicted molar refractivity (Wildman–Crippen MR) is 119 cm³/mol. The topological polar surface area (TPSA) is 72.0 Å². The second-order valence-electron chi connectivity index (χ2n) is 6.36. The Morgan fingerprint density at radius 1 is 1.00 bits per heavy atom. The van der Waals surface area contributed by atoms with Gasteiger partial charge in [-0.3, -0.25) is 9.55 Å². The summed E-state index contributed by atoms with van der Waals surface area (Å²) in [6, 6.07) is 10.1. The smallest absolute Gasteiger partial charge is 0.297 e. The van der Waals surface area contributed by atoms with Gasteiger partial charge in [0, 0.05) is 43.1 Å². The molecule has 1 N–H and O–H groups in total. The number of rotatable bonds is 3. The van der Waals surface area contributed by atoms with Gasteiger partial charge in [-0.25, -0.2) is 9.97 Å². The third-order valence-corrected chi connectivity index (χ3v) is 4.89. The minimum Gasteiger partial charge on any atom is -0.420 e. The van der Waals surface area contributed by atoms with Crippen LogP contribution in [-0.4, -0.2) is 45.7 Å². The van der Waals surface area contributed by atoms with E-state index >= 15 is 0 Å². The lowest BCUT2D eigenvalue weighted by Crippen LogP contribution is -2.43. The Kier molecular flexibility index (Phi) is 6.64. The van der Waals surface area contributed by atoms with E-state index in [1.807, 2.05) is 34.9 Å². The molecule has 3 aromatic heterocycles. The number of piperazine rings is 1. The maximum absolute atomic E-state index is 6.08. The number of imidazole rings is 1. The summed E-state index contributed by atoms with van der Waals surface area (Å²) in [5.41, 5.74) is 2.68. The van der Waals surface area contributed by atoms with Crippen LogP contribution in [0, 0.1) is 0 Å². The van der Waals surface area contributed by atoms with Crippen LogP contribution in [0.15, 0.2) is 53.3 Å². The molecule has 0 atom stereocenters. The lowest BCUT2D eigenvalue weighted by molar-refractivity contribution is 0.503. The van der Waals surface area contributed by atoms with Crippen LogP contribution < -0.4 is 10.2 Å². The number of nitrogens with one attached hydrogen (secondary N) is 1. The molecule has 1 saturated heterocycles. The molecule has 152 valence electrons. The summed E-state index contributed by atoms with van der Waals surface area (Å²) >= 11 is 6.06. The summed E-state index contributed by atoms with van der Waals surface area (Å²) in [6.45, 7) is 3.59. The highest BCUT2D eigenvalue weighted by Gasteiger charge is 2.21. The molecule has 0 unspecified atom stereocenters. The normalized spacial score (nSPS) is 13.8. The number of halogens is 3. The van der Waals surface area contributed by atoms with Crippen LogP contribution >= 0.6 is 36.4 Å². The Labute approximate surface area is 184 Å². The van der Waals surface area contributed by atoms with Gasteiger partial charge in [0.15, 0.2) is 11.6 Å². The number of fused-ring (bicyclic) bond motifs is 1. The van der Waals surface area contributed by atoms with Crippen molar-refractivity contribution < 1.29 is 4.42 Å². The molecule has 5 rings (SSSR count). The van der Waals surface area contributed by atoms with Crippen molar-refractivity contribution >= 4 is 53.5 Å². The molecule has 0 amide bonds. The van der Waals surface area contributed by atoms with Crippen molar-refractivity contribution in [3.8, 4) is 17.3 Å². The molecule has 1 aromatic carbocycles. The first kappa shape index (κ1) is 21.4. The van der Waals surface area contributed by atoms with E-state index in [9.17, 15) is 0 Å². The van der Waals surface area contributed by atoms with E-state index in [1.54, 1.807) is 18.6 Å². The van der Waals surface area contributed by atoms with Gasteiger partial charge in [0.05, 0.1) is 23.4 Å². The first-order valence-electron chi connectivity index (χ1n) is 8.80. The Morgan fingerprint density at radius 2 is 1.76 bits per heavy atom. The highest BCUT2D eigenvalue weighted by atomic mass is 35.5. The minimum absolute atomic E-state index is 0. The van der Waals surface area contributed by atoms with Gasteiger partial charge in [0.25, 0.3) is 6.01 Å². The summed E-state index contributed by atoms with van der Waals surface area (Å²) < 4.78 is 8.10. The predicted octanol–water partition coefficient (Wildman–Crippen LogP) is 3.98. The van der Waals surface area contributed by atoms with Gasteiger partial charge < -0.3 is 14.6 Å². The fourth-order valence-corrected chi connectivity index (χ4v) is 3.44. The average Bonchev–Trinajstić information content (AvgIpc) is 3.34. The number of hydrogen-bond donors (Lipinski definition) is 1. The number of pyridine rings is 1. The lowest BCUT2D eigenvalue weighted by atomic mass is 10.3. The first-order valence-corrected chi connectivity index (χ1v) is 9.18. The summed E-state index contributed by atoms with van der Waals surface area (Å²) in [6.07, 6.45) is 5.27. The molecular weight excluding hydrogens is 435 g/mol. The summed E-state index contributed by atoms with van der Waals surface area (Å²) in [5, 5.41) is 4.01. The van der Waals surface area contributed by atoms with Crippen LogP contribution in [-0.2, 0) is 0 Å².